The molecular weight excluding hydrogens is 431 g/mol. The van der Waals surface area contributed by atoms with E-state index in [9.17, 15) is 13.2 Å². The summed E-state index contributed by atoms with van der Waals surface area (Å²) in [6.07, 6.45) is 0. The second-order valence-electron chi connectivity index (χ2n) is 6.68. The fourth-order valence-electron chi connectivity index (χ4n) is 3.32. The fourth-order valence-corrected chi connectivity index (χ4v) is 5.32. The van der Waals surface area contributed by atoms with Crippen LogP contribution in [-0.2, 0) is 14.8 Å². The van der Waals surface area contributed by atoms with Crippen LogP contribution in [0.4, 0.5) is 11.4 Å². The minimum atomic E-state index is -3.91. The Morgan fingerprint density at radius 2 is 1.66 bits per heavy atom. The van der Waals surface area contributed by atoms with Crippen LogP contribution in [0.2, 0.25) is 10.0 Å². The van der Waals surface area contributed by atoms with Crippen molar-refractivity contribution < 1.29 is 13.2 Å². The Labute approximate surface area is 178 Å². The number of amides is 1. The normalized spacial score (nSPS) is 14.1. The maximum atomic E-state index is 13.3. The van der Waals surface area contributed by atoms with Crippen LogP contribution in [0.1, 0.15) is 5.56 Å². The number of nitrogens with zero attached hydrogens (tertiary/aromatic N) is 1. The van der Waals surface area contributed by atoms with E-state index in [1.807, 2.05) is 6.92 Å². The minimum Gasteiger partial charge on any atom is -0.324 e. The van der Waals surface area contributed by atoms with Gasteiger partial charge in [-0.15, -0.1) is 0 Å². The van der Waals surface area contributed by atoms with Crippen LogP contribution in [0.25, 0.3) is 11.1 Å². The molecule has 4 rings (SSSR count). The first-order valence-corrected chi connectivity index (χ1v) is 10.9. The average molecular weight is 447 g/mol. The van der Waals surface area contributed by atoms with Crippen molar-refractivity contribution in [3.8, 4) is 11.1 Å². The number of carbonyl (C=O) groups is 1. The van der Waals surface area contributed by atoms with Gasteiger partial charge in [-0.3, -0.25) is 9.10 Å². The predicted molar refractivity (Wildman–Crippen MR) is 116 cm³/mol. The van der Waals surface area contributed by atoms with Crippen LogP contribution < -0.4 is 9.62 Å². The number of halogens is 2. The third-order valence-electron chi connectivity index (χ3n) is 4.73. The molecule has 1 aliphatic rings. The zero-order chi connectivity index (χ0) is 20.8. The highest BCUT2D eigenvalue weighted by atomic mass is 35.5. The molecule has 5 nitrogen and oxygen atoms in total. The lowest BCUT2D eigenvalue weighted by Gasteiger charge is -2.31. The number of fused-ring (bicyclic) bond motifs is 3. The summed E-state index contributed by atoms with van der Waals surface area (Å²) in [5.74, 6) is -0.473. The van der Waals surface area contributed by atoms with Crippen molar-refractivity contribution >= 4 is 50.5 Å². The van der Waals surface area contributed by atoms with Crippen molar-refractivity contribution in [1.82, 2.24) is 0 Å². The van der Waals surface area contributed by atoms with Crippen LogP contribution in [0.5, 0.6) is 0 Å². The lowest BCUT2D eigenvalue weighted by Crippen LogP contribution is -2.40. The Morgan fingerprint density at radius 1 is 0.966 bits per heavy atom. The van der Waals surface area contributed by atoms with Crippen LogP contribution in [0.15, 0.2) is 65.6 Å². The molecule has 0 radical (unpaired) electrons. The zero-order valence-corrected chi connectivity index (χ0v) is 17.6. The maximum absolute atomic E-state index is 13.3. The number of carbonyl (C=O) groups excluding carboxylic acids is 1. The third kappa shape index (κ3) is 3.59. The average Bonchev–Trinajstić information content (AvgIpc) is 2.68. The minimum absolute atomic E-state index is 0.140. The SMILES string of the molecule is Cc1ccc(Cl)cc1NC(=O)CN1c2ccc(Cl)cc2-c2ccccc2S1(=O)=O. The van der Waals surface area contributed by atoms with Gasteiger partial charge in [-0.1, -0.05) is 47.5 Å². The van der Waals surface area contributed by atoms with Gasteiger partial charge in [-0.25, -0.2) is 8.42 Å². The van der Waals surface area contributed by atoms with Crippen LogP contribution in [-0.4, -0.2) is 20.9 Å². The number of hydrogen-bond donors (Lipinski definition) is 1. The molecule has 0 fully saturated rings. The first-order chi connectivity index (χ1) is 13.8. The monoisotopic (exact) mass is 446 g/mol. The van der Waals surface area contributed by atoms with Gasteiger partial charge in [0.25, 0.3) is 10.0 Å². The molecular formula is C21H16Cl2N2O3S. The smallest absolute Gasteiger partial charge is 0.265 e. The van der Waals surface area contributed by atoms with Crippen LogP contribution in [0, 0.1) is 6.92 Å². The molecule has 0 saturated heterocycles. The number of aryl methyl sites for hydroxylation is 1. The van der Waals surface area contributed by atoms with E-state index < -0.39 is 15.9 Å². The van der Waals surface area contributed by atoms with Crippen LogP contribution >= 0.6 is 23.2 Å². The number of hydrogen-bond acceptors (Lipinski definition) is 3. The number of nitrogens with one attached hydrogen (secondary N) is 1. The second kappa shape index (κ2) is 7.37. The molecule has 3 aromatic carbocycles. The molecule has 8 heteroatoms. The van der Waals surface area contributed by atoms with Crippen molar-refractivity contribution in [2.24, 2.45) is 0 Å². The van der Waals surface area contributed by atoms with Gasteiger partial charge < -0.3 is 5.32 Å². The Kier molecular flexibility index (Phi) is 5.02. The number of rotatable bonds is 3. The Balaban J connectivity index is 1.74. The van der Waals surface area contributed by atoms with E-state index in [1.54, 1.807) is 54.6 Å². The lowest BCUT2D eigenvalue weighted by atomic mass is 10.0. The van der Waals surface area contributed by atoms with E-state index in [2.05, 4.69) is 5.32 Å². The van der Waals surface area contributed by atoms with Gasteiger partial charge in [0.2, 0.25) is 5.91 Å². The van der Waals surface area contributed by atoms with Gasteiger partial charge in [-0.05, 0) is 48.9 Å². The molecule has 148 valence electrons. The molecule has 1 amide bonds. The molecule has 3 aromatic rings. The number of sulfonamides is 1. The standard InChI is InChI=1S/C21H16Cl2N2O3S/c1-13-6-7-15(23)11-18(13)24-21(26)12-25-19-9-8-14(22)10-17(19)16-4-2-3-5-20(16)29(25,27)28/h2-11H,12H2,1H3,(H,24,26). The van der Waals surface area contributed by atoms with Gasteiger partial charge in [0, 0.05) is 26.9 Å². The van der Waals surface area contributed by atoms with E-state index in [0.29, 0.717) is 32.5 Å². The van der Waals surface area contributed by atoms with E-state index in [4.69, 9.17) is 23.2 Å². The van der Waals surface area contributed by atoms with Crippen molar-refractivity contribution in [3.05, 3.63) is 76.3 Å². The van der Waals surface area contributed by atoms with Crippen molar-refractivity contribution in [3.63, 3.8) is 0 Å². The first-order valence-electron chi connectivity index (χ1n) is 8.75. The van der Waals surface area contributed by atoms with Crippen molar-refractivity contribution in [2.45, 2.75) is 11.8 Å². The fraction of sp³-hybridized carbons (Fsp3) is 0.0952. The highest BCUT2D eigenvalue weighted by Gasteiger charge is 2.36. The Morgan fingerprint density at radius 3 is 2.45 bits per heavy atom. The molecule has 1 aliphatic heterocycles. The summed E-state index contributed by atoms with van der Waals surface area (Å²) < 4.78 is 27.6. The molecule has 0 unspecified atom stereocenters. The van der Waals surface area contributed by atoms with Crippen molar-refractivity contribution in [2.75, 3.05) is 16.2 Å². The highest BCUT2D eigenvalue weighted by molar-refractivity contribution is 7.93. The summed E-state index contributed by atoms with van der Waals surface area (Å²) in [5, 5.41) is 3.71. The Hall–Kier alpha value is -2.54. The predicted octanol–water partition coefficient (Wildman–Crippen LogP) is 5.12. The molecule has 0 spiro atoms. The highest BCUT2D eigenvalue weighted by Crippen LogP contribution is 2.43. The molecule has 0 saturated carbocycles. The summed E-state index contributed by atoms with van der Waals surface area (Å²) >= 11 is 12.2. The van der Waals surface area contributed by atoms with Gasteiger partial charge in [-0.2, -0.15) is 0 Å². The molecule has 0 aliphatic carbocycles. The van der Waals surface area contributed by atoms with Gasteiger partial charge in [0.05, 0.1) is 10.6 Å². The van der Waals surface area contributed by atoms with Gasteiger partial charge >= 0.3 is 0 Å². The largest absolute Gasteiger partial charge is 0.324 e. The van der Waals surface area contributed by atoms with E-state index in [-0.39, 0.29) is 11.4 Å². The number of anilines is 2. The molecule has 0 atom stereocenters. The summed E-state index contributed by atoms with van der Waals surface area (Å²) in [4.78, 5) is 12.9. The van der Waals surface area contributed by atoms with E-state index in [1.165, 1.54) is 6.07 Å². The maximum Gasteiger partial charge on any atom is 0.265 e. The first kappa shape index (κ1) is 19.8. The summed E-state index contributed by atoms with van der Waals surface area (Å²) in [6.45, 7) is 1.45. The van der Waals surface area contributed by atoms with Gasteiger partial charge in [0.1, 0.15) is 6.54 Å². The van der Waals surface area contributed by atoms with Gasteiger partial charge in [0.15, 0.2) is 0 Å². The lowest BCUT2D eigenvalue weighted by molar-refractivity contribution is -0.114. The topological polar surface area (TPSA) is 66.5 Å². The third-order valence-corrected chi connectivity index (χ3v) is 7.02. The number of benzene rings is 3. The summed E-state index contributed by atoms with van der Waals surface area (Å²) in [7, 11) is -3.91. The molecule has 1 heterocycles. The van der Waals surface area contributed by atoms with E-state index >= 15 is 0 Å². The molecule has 0 bridgehead atoms. The summed E-state index contributed by atoms with van der Waals surface area (Å²) in [5.41, 5.74) is 2.99. The second-order valence-corrected chi connectivity index (χ2v) is 9.38. The Bertz CT molecular complexity index is 1240. The molecule has 0 aromatic heterocycles. The quantitative estimate of drug-likeness (QED) is 0.607. The van der Waals surface area contributed by atoms with E-state index in [0.717, 1.165) is 9.87 Å². The van der Waals surface area contributed by atoms with Crippen molar-refractivity contribution in [1.29, 1.82) is 0 Å². The molecule has 1 N–H and O–H groups in total. The zero-order valence-electron chi connectivity index (χ0n) is 15.3. The van der Waals surface area contributed by atoms with Crippen LogP contribution in [0.3, 0.4) is 0 Å². The molecule has 29 heavy (non-hydrogen) atoms. The summed E-state index contributed by atoms with van der Waals surface area (Å²) in [6, 6.07) is 16.7.